The molecule has 1 rings (SSSR count). The van der Waals surface area contributed by atoms with Gasteiger partial charge in [-0.1, -0.05) is 6.92 Å². The Bertz CT molecular complexity index is 379. The van der Waals surface area contributed by atoms with Crippen molar-refractivity contribution in [1.29, 1.82) is 0 Å². The quantitative estimate of drug-likeness (QED) is 0.758. The zero-order valence-electron chi connectivity index (χ0n) is 11.4. The minimum atomic E-state index is -3.30. The van der Waals surface area contributed by atoms with E-state index in [1.807, 2.05) is 0 Å². The number of nitrogens with one attached hydrogen (secondary N) is 2. The molecule has 0 saturated carbocycles. The van der Waals surface area contributed by atoms with Crippen LogP contribution >= 0.6 is 0 Å². The molecule has 1 fully saturated rings. The zero-order chi connectivity index (χ0) is 13.8. The van der Waals surface area contributed by atoms with Crippen molar-refractivity contribution in [3.63, 3.8) is 0 Å². The molecule has 0 aliphatic carbocycles. The van der Waals surface area contributed by atoms with Crippen LogP contribution in [0.3, 0.4) is 0 Å². The maximum absolute atomic E-state index is 11.6. The van der Waals surface area contributed by atoms with E-state index < -0.39 is 26.7 Å². The maximum Gasteiger partial charge on any atom is 0.235 e. The van der Waals surface area contributed by atoms with E-state index in [0.29, 0.717) is 12.5 Å². The molecule has 0 unspecified atom stereocenters. The summed E-state index contributed by atoms with van der Waals surface area (Å²) < 4.78 is 23.2. The van der Waals surface area contributed by atoms with Crippen LogP contribution in [0, 0.1) is 5.92 Å². The highest BCUT2D eigenvalue weighted by Crippen LogP contribution is 2.14. The largest absolute Gasteiger partial charge is 0.354 e. The van der Waals surface area contributed by atoms with Crippen LogP contribution in [0.15, 0.2) is 0 Å². The first-order chi connectivity index (χ1) is 8.33. The molecular weight excluding hydrogens is 252 g/mol. The lowest BCUT2D eigenvalue weighted by Gasteiger charge is -2.30. The second kappa shape index (κ2) is 6.52. The number of carbonyl (C=O) groups is 1. The minimum absolute atomic E-state index is 0.254. The average molecular weight is 276 g/mol. The molecule has 1 amide bonds. The van der Waals surface area contributed by atoms with Crippen molar-refractivity contribution >= 4 is 15.7 Å². The van der Waals surface area contributed by atoms with Crippen LogP contribution < -0.4 is 10.6 Å². The van der Waals surface area contributed by atoms with Gasteiger partial charge in [0.05, 0.1) is 5.25 Å². The third kappa shape index (κ3) is 4.57. The first-order valence-corrected chi connectivity index (χ1v) is 8.26. The highest BCUT2D eigenvalue weighted by atomic mass is 32.2. The average Bonchev–Trinajstić information content (AvgIpc) is 2.27. The number of carbonyl (C=O) groups excluding carboxylic acids is 1. The van der Waals surface area contributed by atoms with Crippen LogP contribution in [0.5, 0.6) is 0 Å². The van der Waals surface area contributed by atoms with Crippen molar-refractivity contribution in [3.8, 4) is 0 Å². The Morgan fingerprint density at radius 2 is 2.11 bits per heavy atom. The van der Waals surface area contributed by atoms with Crippen LogP contribution in [0.25, 0.3) is 0 Å². The van der Waals surface area contributed by atoms with E-state index in [4.69, 9.17) is 0 Å². The third-order valence-electron chi connectivity index (χ3n) is 3.50. The molecule has 6 heteroatoms. The van der Waals surface area contributed by atoms with Gasteiger partial charge in [-0.2, -0.15) is 0 Å². The summed E-state index contributed by atoms with van der Waals surface area (Å²) in [6.07, 6.45) is 2.31. The molecule has 0 aromatic heterocycles. The van der Waals surface area contributed by atoms with Gasteiger partial charge < -0.3 is 10.6 Å². The Morgan fingerprint density at radius 1 is 1.44 bits per heavy atom. The monoisotopic (exact) mass is 276 g/mol. The smallest absolute Gasteiger partial charge is 0.235 e. The van der Waals surface area contributed by atoms with Crippen molar-refractivity contribution in [3.05, 3.63) is 0 Å². The number of hydrogen-bond donors (Lipinski definition) is 2. The topological polar surface area (TPSA) is 75.3 Å². The molecule has 0 aromatic rings. The lowest BCUT2D eigenvalue weighted by atomic mass is 9.93. The molecule has 1 aliphatic heterocycles. The van der Waals surface area contributed by atoms with Gasteiger partial charge in [-0.15, -0.1) is 0 Å². The molecular formula is C12H24N2O3S. The molecule has 2 N–H and O–H groups in total. The van der Waals surface area contributed by atoms with E-state index in [1.165, 1.54) is 0 Å². The fourth-order valence-electron chi connectivity index (χ4n) is 2.01. The molecule has 1 saturated heterocycles. The molecule has 5 nitrogen and oxygen atoms in total. The van der Waals surface area contributed by atoms with Crippen molar-refractivity contribution in [2.45, 2.75) is 44.9 Å². The summed E-state index contributed by atoms with van der Waals surface area (Å²) in [6.45, 7) is 6.80. The lowest BCUT2D eigenvalue weighted by molar-refractivity contribution is -0.118. The van der Waals surface area contributed by atoms with Crippen LogP contribution in [0.2, 0.25) is 0 Å². The Balaban J connectivity index is 2.37. The summed E-state index contributed by atoms with van der Waals surface area (Å²) in [5.74, 6) is -0.296. The first-order valence-electron chi connectivity index (χ1n) is 6.54. The maximum atomic E-state index is 11.6. The fraction of sp³-hybridized carbons (Fsp3) is 0.917. The van der Waals surface area contributed by atoms with E-state index in [9.17, 15) is 13.2 Å². The molecule has 2 atom stereocenters. The minimum Gasteiger partial charge on any atom is -0.354 e. The van der Waals surface area contributed by atoms with Gasteiger partial charge in [0, 0.05) is 12.6 Å². The van der Waals surface area contributed by atoms with Gasteiger partial charge in [-0.3, -0.25) is 4.79 Å². The van der Waals surface area contributed by atoms with Gasteiger partial charge in [-0.05, 0) is 39.2 Å². The Labute approximate surface area is 110 Å². The first kappa shape index (κ1) is 15.4. The van der Waals surface area contributed by atoms with Gasteiger partial charge >= 0.3 is 0 Å². The van der Waals surface area contributed by atoms with Gasteiger partial charge in [0.1, 0.15) is 5.75 Å². The molecule has 0 bridgehead atoms. The molecule has 1 aliphatic rings. The van der Waals surface area contributed by atoms with Crippen LogP contribution in [0.4, 0.5) is 0 Å². The summed E-state index contributed by atoms with van der Waals surface area (Å²) in [7, 11) is -3.30. The number of hydrogen-bond acceptors (Lipinski definition) is 4. The predicted octanol–water partition coefficient (Wildman–Crippen LogP) is 0.314. The van der Waals surface area contributed by atoms with Crippen LogP contribution in [-0.2, 0) is 14.6 Å². The number of sulfone groups is 1. The lowest BCUT2D eigenvalue weighted by Crippen LogP contribution is -2.48. The summed E-state index contributed by atoms with van der Waals surface area (Å²) in [6, 6.07) is 0.254. The highest BCUT2D eigenvalue weighted by Gasteiger charge is 2.23. The molecule has 106 valence electrons. The van der Waals surface area contributed by atoms with Gasteiger partial charge in [0.2, 0.25) is 5.91 Å². The summed E-state index contributed by atoms with van der Waals surface area (Å²) >= 11 is 0. The van der Waals surface area contributed by atoms with E-state index >= 15 is 0 Å². The zero-order valence-corrected chi connectivity index (χ0v) is 12.2. The molecule has 0 spiro atoms. The van der Waals surface area contributed by atoms with Crippen LogP contribution in [-0.4, -0.2) is 44.5 Å². The van der Waals surface area contributed by atoms with Gasteiger partial charge in [0.15, 0.2) is 9.84 Å². The van der Waals surface area contributed by atoms with Gasteiger partial charge in [0.25, 0.3) is 0 Å². The Morgan fingerprint density at radius 3 is 2.67 bits per heavy atom. The second-order valence-electron chi connectivity index (χ2n) is 5.34. The molecule has 0 radical (unpaired) electrons. The molecule has 1 heterocycles. The van der Waals surface area contributed by atoms with E-state index in [0.717, 1.165) is 19.4 Å². The van der Waals surface area contributed by atoms with E-state index in [-0.39, 0.29) is 6.04 Å². The molecule has 18 heavy (non-hydrogen) atoms. The Hall–Kier alpha value is -0.620. The van der Waals surface area contributed by atoms with E-state index in [2.05, 4.69) is 17.6 Å². The number of amides is 1. The molecule has 0 aromatic carbocycles. The summed E-state index contributed by atoms with van der Waals surface area (Å²) in [4.78, 5) is 11.6. The van der Waals surface area contributed by atoms with Crippen molar-refractivity contribution in [2.75, 3.05) is 18.8 Å². The predicted molar refractivity (Wildman–Crippen MR) is 72.1 cm³/mol. The second-order valence-corrected chi connectivity index (χ2v) is 7.90. The normalized spacial score (nSPS) is 25.1. The fourth-order valence-corrected chi connectivity index (χ4v) is 2.81. The van der Waals surface area contributed by atoms with E-state index in [1.54, 1.807) is 13.8 Å². The number of rotatable bonds is 5. The number of piperidine rings is 1. The van der Waals surface area contributed by atoms with Gasteiger partial charge in [-0.25, -0.2) is 8.42 Å². The summed E-state index contributed by atoms with van der Waals surface area (Å²) in [5.41, 5.74) is 0. The third-order valence-corrected chi connectivity index (χ3v) is 5.60. The van der Waals surface area contributed by atoms with Crippen molar-refractivity contribution < 1.29 is 13.2 Å². The standard InChI is InChI=1S/C12H24N2O3S/c1-9(2)18(16,17)8-12(15)14-7-11-10(3)5-4-6-13-11/h9-11,13H,4-8H2,1-3H3,(H,14,15)/t10-,11+/m1/s1. The highest BCUT2D eigenvalue weighted by molar-refractivity contribution is 7.92. The van der Waals surface area contributed by atoms with Crippen LogP contribution in [0.1, 0.15) is 33.6 Å². The van der Waals surface area contributed by atoms with Crippen molar-refractivity contribution in [2.24, 2.45) is 5.92 Å². The summed E-state index contributed by atoms with van der Waals surface area (Å²) in [5, 5.41) is 5.55. The van der Waals surface area contributed by atoms with Crippen molar-refractivity contribution in [1.82, 2.24) is 10.6 Å². The SMILES string of the molecule is CC(C)S(=O)(=O)CC(=O)NC[C@@H]1NCCC[C@H]1C. The Kier molecular flexibility index (Phi) is 5.59.